The van der Waals surface area contributed by atoms with Crippen molar-refractivity contribution in [3.8, 4) is 23.0 Å². The van der Waals surface area contributed by atoms with E-state index in [9.17, 15) is 5.11 Å². The third-order valence-electron chi connectivity index (χ3n) is 5.39. The molecule has 2 aromatic rings. The maximum Gasteiger partial charge on any atom is 0.231 e. The summed E-state index contributed by atoms with van der Waals surface area (Å²) in [6.07, 6.45) is 1.62. The molecule has 0 saturated carbocycles. The van der Waals surface area contributed by atoms with Gasteiger partial charge in [-0.3, -0.25) is 4.90 Å². The van der Waals surface area contributed by atoms with Crippen molar-refractivity contribution >= 4 is 11.8 Å². The average molecular weight is 354 g/mol. The van der Waals surface area contributed by atoms with E-state index in [2.05, 4.69) is 12.1 Å². The third kappa shape index (κ3) is 2.12. The molecule has 3 aliphatic rings. The summed E-state index contributed by atoms with van der Waals surface area (Å²) in [5, 5.41) is 10.7. The predicted octanol–water partition coefficient (Wildman–Crippen LogP) is 1.38. The first-order valence-corrected chi connectivity index (χ1v) is 8.62. The Kier molecular flexibility index (Phi) is 3.38. The molecule has 6 nitrogen and oxygen atoms in total. The molecule has 2 N–H and O–H groups in total. The van der Waals surface area contributed by atoms with E-state index >= 15 is 0 Å². The first kappa shape index (κ1) is 15.5. The first-order valence-electron chi connectivity index (χ1n) is 8.62. The van der Waals surface area contributed by atoms with Crippen LogP contribution in [0.5, 0.6) is 23.0 Å². The molecule has 3 aliphatic heterocycles. The Balaban J connectivity index is 1.69. The molecule has 0 fully saturated rings. The van der Waals surface area contributed by atoms with E-state index in [-0.39, 0.29) is 6.79 Å². The van der Waals surface area contributed by atoms with E-state index < -0.39 is 6.10 Å². The van der Waals surface area contributed by atoms with Gasteiger partial charge in [0, 0.05) is 17.2 Å². The SMILES string of the molecule is COc1ccc2c(c1OC)C[NH+]1C[C@H](O)c3cc4c(cc3C1=C2)OCO4. The summed E-state index contributed by atoms with van der Waals surface area (Å²) in [7, 11) is 3.30. The van der Waals surface area contributed by atoms with E-state index in [0.29, 0.717) is 12.3 Å². The second-order valence-electron chi connectivity index (χ2n) is 6.72. The molecular weight excluding hydrogens is 334 g/mol. The van der Waals surface area contributed by atoms with Crippen LogP contribution in [0, 0.1) is 0 Å². The van der Waals surface area contributed by atoms with Crippen LogP contribution in [0.2, 0.25) is 0 Å². The molecule has 0 aliphatic carbocycles. The minimum Gasteiger partial charge on any atom is -0.493 e. The molecule has 0 spiro atoms. The van der Waals surface area contributed by atoms with Crippen LogP contribution in [0.15, 0.2) is 24.3 Å². The number of hydrogen-bond donors (Lipinski definition) is 2. The van der Waals surface area contributed by atoms with Gasteiger partial charge in [-0.1, -0.05) is 6.07 Å². The summed E-state index contributed by atoms with van der Waals surface area (Å²) in [5.41, 5.74) is 5.28. The topological polar surface area (TPSA) is 61.6 Å². The van der Waals surface area contributed by atoms with Crippen molar-refractivity contribution in [1.29, 1.82) is 0 Å². The second kappa shape index (κ2) is 5.65. The average Bonchev–Trinajstić information content (AvgIpc) is 3.12. The summed E-state index contributed by atoms with van der Waals surface area (Å²) in [4.78, 5) is 1.20. The molecule has 6 heteroatoms. The Labute approximate surface area is 151 Å². The largest absolute Gasteiger partial charge is 0.493 e. The number of fused-ring (bicyclic) bond motifs is 5. The van der Waals surface area contributed by atoms with Crippen molar-refractivity contribution in [2.75, 3.05) is 27.6 Å². The van der Waals surface area contributed by atoms with Crippen LogP contribution in [-0.4, -0.2) is 32.7 Å². The number of rotatable bonds is 2. The Morgan fingerprint density at radius 3 is 2.69 bits per heavy atom. The highest BCUT2D eigenvalue weighted by atomic mass is 16.7. The number of aliphatic hydroxyl groups excluding tert-OH is 1. The highest BCUT2D eigenvalue weighted by Gasteiger charge is 2.37. The molecule has 3 heterocycles. The van der Waals surface area contributed by atoms with Gasteiger partial charge in [0.25, 0.3) is 0 Å². The Morgan fingerprint density at radius 1 is 1.12 bits per heavy atom. The summed E-state index contributed by atoms with van der Waals surface area (Å²) in [5.74, 6) is 2.92. The zero-order chi connectivity index (χ0) is 17.8. The van der Waals surface area contributed by atoms with Gasteiger partial charge in [-0.15, -0.1) is 0 Å². The van der Waals surface area contributed by atoms with Gasteiger partial charge in [0.1, 0.15) is 24.9 Å². The fourth-order valence-corrected chi connectivity index (χ4v) is 4.15. The standard InChI is InChI=1S/C20H19NO5/c1-23-17-4-3-11-5-15-12-6-18-19(26-10-25-18)7-13(12)16(22)9-21(15)8-14(11)20(17)24-2/h3-7,16,22H,8-10H2,1-2H3/p+1/t16-/m0/s1. The number of methoxy groups -OCH3 is 2. The lowest BCUT2D eigenvalue weighted by Gasteiger charge is -2.34. The minimum absolute atomic E-state index is 0.226. The third-order valence-corrected chi connectivity index (χ3v) is 5.39. The predicted molar refractivity (Wildman–Crippen MR) is 94.5 cm³/mol. The highest BCUT2D eigenvalue weighted by molar-refractivity contribution is 5.83. The number of benzene rings is 2. The van der Waals surface area contributed by atoms with Crippen LogP contribution in [0.4, 0.5) is 0 Å². The summed E-state index contributed by atoms with van der Waals surface area (Å²) < 4.78 is 22.0. The van der Waals surface area contributed by atoms with Crippen LogP contribution < -0.4 is 23.8 Å². The molecular formula is C20H20NO5+. The fraction of sp³-hybridized carbons (Fsp3) is 0.300. The van der Waals surface area contributed by atoms with Crippen LogP contribution in [0.1, 0.15) is 28.4 Å². The summed E-state index contributed by atoms with van der Waals surface area (Å²) in [6, 6.07) is 7.87. The zero-order valence-corrected chi connectivity index (χ0v) is 14.7. The molecule has 0 aromatic heterocycles. The maximum atomic E-state index is 10.7. The molecule has 26 heavy (non-hydrogen) atoms. The van der Waals surface area contributed by atoms with Crippen molar-refractivity contribution in [2.45, 2.75) is 12.6 Å². The van der Waals surface area contributed by atoms with Gasteiger partial charge in [-0.2, -0.15) is 0 Å². The second-order valence-corrected chi connectivity index (χ2v) is 6.72. The molecule has 134 valence electrons. The molecule has 5 rings (SSSR count). The van der Waals surface area contributed by atoms with Crippen LogP contribution in [0.25, 0.3) is 11.8 Å². The van der Waals surface area contributed by atoms with Crippen molar-refractivity contribution in [1.82, 2.24) is 0 Å². The monoisotopic (exact) mass is 354 g/mol. The van der Waals surface area contributed by atoms with E-state index in [0.717, 1.165) is 51.7 Å². The molecule has 0 radical (unpaired) electrons. The van der Waals surface area contributed by atoms with E-state index in [1.807, 2.05) is 18.2 Å². The van der Waals surface area contributed by atoms with Gasteiger partial charge in [-0.25, -0.2) is 0 Å². The zero-order valence-electron chi connectivity index (χ0n) is 14.7. The van der Waals surface area contributed by atoms with Crippen LogP contribution >= 0.6 is 0 Å². The Hall–Kier alpha value is -2.70. The molecule has 0 bridgehead atoms. The Morgan fingerprint density at radius 2 is 1.92 bits per heavy atom. The molecule has 2 atom stereocenters. The number of aliphatic hydroxyl groups is 1. The summed E-state index contributed by atoms with van der Waals surface area (Å²) >= 11 is 0. The fourth-order valence-electron chi connectivity index (χ4n) is 4.15. The van der Waals surface area contributed by atoms with Crippen LogP contribution in [-0.2, 0) is 6.54 Å². The van der Waals surface area contributed by atoms with Crippen molar-refractivity contribution in [2.24, 2.45) is 0 Å². The number of nitrogens with one attached hydrogen (secondary N) is 1. The number of hydrogen-bond acceptors (Lipinski definition) is 5. The molecule has 0 amide bonds. The first-order chi connectivity index (χ1) is 12.7. The smallest absolute Gasteiger partial charge is 0.231 e. The van der Waals surface area contributed by atoms with E-state index in [1.54, 1.807) is 14.2 Å². The molecule has 2 aromatic carbocycles. The quantitative estimate of drug-likeness (QED) is 0.853. The van der Waals surface area contributed by atoms with Gasteiger partial charge in [-0.05, 0) is 23.8 Å². The van der Waals surface area contributed by atoms with Crippen molar-refractivity contribution in [3.05, 3.63) is 46.5 Å². The lowest BCUT2D eigenvalue weighted by atomic mass is 9.89. The van der Waals surface area contributed by atoms with Gasteiger partial charge in [0.2, 0.25) is 6.79 Å². The Bertz CT molecular complexity index is 936. The van der Waals surface area contributed by atoms with E-state index in [4.69, 9.17) is 18.9 Å². The molecule has 1 unspecified atom stereocenters. The number of ether oxygens (including phenoxy) is 4. The van der Waals surface area contributed by atoms with Gasteiger partial charge >= 0.3 is 0 Å². The van der Waals surface area contributed by atoms with Crippen LogP contribution in [0.3, 0.4) is 0 Å². The lowest BCUT2D eigenvalue weighted by Crippen LogP contribution is -3.09. The summed E-state index contributed by atoms with van der Waals surface area (Å²) in [6.45, 7) is 1.55. The van der Waals surface area contributed by atoms with Gasteiger partial charge in [0.05, 0.1) is 19.8 Å². The highest BCUT2D eigenvalue weighted by Crippen LogP contribution is 2.42. The minimum atomic E-state index is -0.551. The molecule has 0 saturated heterocycles. The van der Waals surface area contributed by atoms with Gasteiger partial charge < -0.3 is 24.1 Å². The number of quaternary nitrogens is 1. The van der Waals surface area contributed by atoms with Gasteiger partial charge in [0.15, 0.2) is 23.0 Å². The van der Waals surface area contributed by atoms with Crippen molar-refractivity contribution in [3.63, 3.8) is 0 Å². The maximum absolute atomic E-state index is 10.7. The lowest BCUT2D eigenvalue weighted by molar-refractivity contribution is -0.846. The van der Waals surface area contributed by atoms with E-state index in [1.165, 1.54) is 4.90 Å². The normalized spacial score (nSPS) is 22.0. The van der Waals surface area contributed by atoms with Crippen molar-refractivity contribution < 1.29 is 29.0 Å².